The van der Waals surface area contributed by atoms with Crippen LogP contribution in [0.15, 0.2) is 138 Å². The number of methoxy groups -OCH3 is 2. The van der Waals surface area contributed by atoms with Crippen molar-refractivity contribution >= 4 is 33.0 Å². The van der Waals surface area contributed by atoms with Crippen molar-refractivity contribution in [1.29, 1.82) is 0 Å². The number of nitrogens with one attached hydrogen (secondary N) is 1. The van der Waals surface area contributed by atoms with Crippen LogP contribution in [0.5, 0.6) is 23.0 Å². The van der Waals surface area contributed by atoms with Crippen molar-refractivity contribution in [3.8, 4) is 90.1 Å². The highest BCUT2D eigenvalue weighted by atomic mass is 32.2. The highest BCUT2D eigenvalue weighted by molar-refractivity contribution is 7.90. The first-order valence-corrected chi connectivity index (χ1v) is 32.0. The molecule has 0 saturated heterocycles. The highest BCUT2D eigenvalue weighted by Crippen LogP contribution is 2.41. The largest absolute Gasteiger partial charge is 0.507 e. The molecule has 3 heterocycles. The molecule has 0 radical (unpaired) electrons. The van der Waals surface area contributed by atoms with Crippen molar-refractivity contribution in [3.05, 3.63) is 194 Å². The lowest BCUT2D eigenvalue weighted by Gasteiger charge is -2.17. The summed E-state index contributed by atoms with van der Waals surface area (Å²) in [5.74, 6) is 2.90. The first kappa shape index (κ1) is 65.0. The number of imidazole rings is 2. The maximum absolute atomic E-state index is 13.7. The number of unbranched alkanes of at least 4 members (excludes halogenated alkanes) is 1. The van der Waals surface area contributed by atoms with Crippen LogP contribution in [-0.2, 0) is 39.6 Å². The number of aromatic amines is 1. The number of anilines is 1. The Bertz CT molecular complexity index is 4150. The second-order valence-electron chi connectivity index (χ2n) is 22.3. The van der Waals surface area contributed by atoms with Gasteiger partial charge in [0.05, 0.1) is 47.6 Å². The Morgan fingerprint density at radius 1 is 0.625 bits per heavy atom. The zero-order chi connectivity index (χ0) is 63.7. The lowest BCUT2D eigenvalue weighted by atomic mass is 10.1. The number of rotatable bonds is 16. The first-order chi connectivity index (χ1) is 42.0. The van der Waals surface area contributed by atoms with Crippen LogP contribution in [-0.4, -0.2) is 82.6 Å². The number of aryl methyl sites for hydroxylation is 10. The van der Waals surface area contributed by atoms with E-state index < -0.39 is 15.9 Å². The normalized spacial score (nSPS) is 11.2. The average Bonchev–Trinajstić information content (AvgIpc) is 1.78. The Morgan fingerprint density at radius 2 is 1.18 bits per heavy atom. The predicted molar refractivity (Wildman–Crippen MR) is 357 cm³/mol. The van der Waals surface area contributed by atoms with Gasteiger partial charge in [0.2, 0.25) is 0 Å². The molecule has 0 aliphatic rings. The van der Waals surface area contributed by atoms with Crippen molar-refractivity contribution in [2.45, 2.75) is 112 Å². The summed E-state index contributed by atoms with van der Waals surface area (Å²) in [6.07, 6.45) is 4.14. The fourth-order valence-electron chi connectivity index (χ4n) is 10.5. The number of nitrogens with zero attached hydrogens (tertiary/aromatic N) is 5. The molecule has 4 N–H and O–H groups in total. The van der Waals surface area contributed by atoms with Gasteiger partial charge in [0.1, 0.15) is 39.7 Å². The number of ether oxygens (including phenoxy) is 2. The number of aromatic hydroxyl groups is 3. The zero-order valence-electron chi connectivity index (χ0n) is 52.9. The topological polar surface area (TPSA) is 193 Å². The molecule has 10 aromatic rings. The summed E-state index contributed by atoms with van der Waals surface area (Å²) in [4.78, 5) is 34.1. The van der Waals surface area contributed by atoms with E-state index in [2.05, 4.69) is 50.0 Å². The van der Waals surface area contributed by atoms with Crippen LogP contribution in [0.25, 0.3) is 67.1 Å². The molecule has 0 atom stereocenters. The van der Waals surface area contributed by atoms with Crippen molar-refractivity contribution < 1.29 is 38.0 Å². The molecule has 0 bridgehead atoms. The Kier molecular flexibility index (Phi) is 20.9. The molecular weight excluding hydrogens is 1140 g/mol. The van der Waals surface area contributed by atoms with Gasteiger partial charge in [0, 0.05) is 63.7 Å². The number of carbonyl (C=O) groups excluding carboxylic acids is 1. The number of H-pyrrole nitrogens is 1. The van der Waals surface area contributed by atoms with Crippen LogP contribution in [0.2, 0.25) is 0 Å². The second kappa shape index (κ2) is 28.2. The Hall–Kier alpha value is -8.99. The molecular formula is C72H80N6O8S2. The fraction of sp³-hybridized carbons (Fsp3) is 0.278. The van der Waals surface area contributed by atoms with Gasteiger partial charge in [-0.1, -0.05) is 87.4 Å². The van der Waals surface area contributed by atoms with Crippen LogP contribution in [0.4, 0.5) is 10.5 Å². The van der Waals surface area contributed by atoms with E-state index in [1.54, 1.807) is 24.5 Å². The van der Waals surface area contributed by atoms with Gasteiger partial charge >= 0.3 is 6.09 Å². The summed E-state index contributed by atoms with van der Waals surface area (Å²) >= 11 is 1.57. The molecule has 0 saturated carbocycles. The maximum atomic E-state index is 13.7. The van der Waals surface area contributed by atoms with Crippen molar-refractivity contribution in [2.75, 3.05) is 33.2 Å². The maximum Gasteiger partial charge on any atom is 0.419 e. The minimum absolute atomic E-state index is 0.0769. The zero-order valence-corrected chi connectivity index (χ0v) is 54.5. The SMILES string of the molecule is CCCCc1[nH]c(-c2cc(C)c(O)c(C)c2)nc1-c1ccc(C)cc1.CCc1nc(-c2cc(C)c(O)c(C)c2)n(C(=O)OC)c1-c1ccc(OC)cc1.CCc1sc(-c2cc(C)c(O)c(C)c2)nc1-c1ccc(N(C)C)cc1S(=O)(=O)Cc1ccccc1. The van der Waals surface area contributed by atoms with E-state index >= 15 is 0 Å². The van der Waals surface area contributed by atoms with Crippen LogP contribution in [0, 0.1) is 48.5 Å². The molecule has 16 heteroatoms. The van der Waals surface area contributed by atoms with Gasteiger partial charge < -0.3 is 34.7 Å². The Labute approximate surface area is 522 Å². The van der Waals surface area contributed by atoms with Gasteiger partial charge in [-0.3, -0.25) is 0 Å². The summed E-state index contributed by atoms with van der Waals surface area (Å²) in [6.45, 7) is 19.6. The number of hydrogen-bond acceptors (Lipinski definition) is 13. The standard InChI is InChI=1S/C28H30N2O3S2.C22H24N2O4.C22H26N2O/c1-6-24-26(29-28(34-24)21-14-18(2)27(31)19(3)15-21)23-13-12-22(30(4)5)16-25(23)35(32,33)17-20-10-8-7-9-11-20;1-6-18-19(15-7-9-17(27-4)10-8-15)24(22(26)28-5)21(23-18)16-11-13(2)20(25)14(3)12-16;1-5-6-7-19-20(17-10-8-14(2)9-11-17)24-22(23-19)18-12-15(3)21(25)16(4)13-18/h7-16,31H,6,17H2,1-5H3;7-12,25H,6H2,1-5H3;8-13,25H,5-7H2,1-4H3,(H,23,24). The Balaban J connectivity index is 0.000000174. The van der Waals surface area contributed by atoms with Gasteiger partial charge in [-0.15, -0.1) is 11.3 Å². The summed E-state index contributed by atoms with van der Waals surface area (Å²) in [5.41, 5.74) is 17.3. The van der Waals surface area contributed by atoms with Crippen LogP contribution < -0.4 is 9.64 Å². The molecule has 0 aliphatic heterocycles. The summed E-state index contributed by atoms with van der Waals surface area (Å²) in [5, 5.41) is 31.1. The van der Waals surface area contributed by atoms with E-state index in [-0.39, 0.29) is 22.1 Å². The number of phenolic OH excluding ortho intramolecular Hbond substituents is 3. The van der Waals surface area contributed by atoms with Crippen molar-refractivity contribution in [1.82, 2.24) is 24.5 Å². The number of hydrogen-bond donors (Lipinski definition) is 4. The Morgan fingerprint density at radius 3 is 1.70 bits per heavy atom. The number of thiazole rings is 1. The number of sulfone groups is 1. The third kappa shape index (κ3) is 14.5. The van der Waals surface area contributed by atoms with E-state index in [9.17, 15) is 28.5 Å². The minimum Gasteiger partial charge on any atom is -0.507 e. The van der Waals surface area contributed by atoms with Crippen molar-refractivity contribution in [2.24, 2.45) is 0 Å². The van der Waals surface area contributed by atoms with Crippen molar-refractivity contribution in [3.63, 3.8) is 0 Å². The molecule has 7 aromatic carbocycles. The molecule has 458 valence electrons. The lowest BCUT2D eigenvalue weighted by molar-refractivity contribution is 0.173. The van der Waals surface area contributed by atoms with E-state index in [0.717, 1.165) is 131 Å². The molecule has 10 rings (SSSR count). The van der Waals surface area contributed by atoms with Gasteiger partial charge in [0.25, 0.3) is 0 Å². The van der Waals surface area contributed by atoms with Gasteiger partial charge in [-0.05, 0) is 192 Å². The minimum atomic E-state index is -3.64. The number of benzene rings is 7. The molecule has 0 spiro atoms. The molecule has 14 nitrogen and oxygen atoms in total. The van der Waals surface area contributed by atoms with E-state index in [1.165, 1.54) is 22.9 Å². The quantitative estimate of drug-likeness (QED) is 0.0716. The lowest BCUT2D eigenvalue weighted by Crippen LogP contribution is -2.14. The monoisotopic (exact) mass is 1220 g/mol. The van der Waals surface area contributed by atoms with E-state index in [4.69, 9.17) is 24.4 Å². The first-order valence-electron chi connectivity index (χ1n) is 29.5. The fourth-order valence-corrected chi connectivity index (χ4v) is 13.1. The van der Waals surface area contributed by atoms with Gasteiger partial charge in [-0.25, -0.2) is 32.7 Å². The number of carbonyl (C=O) groups is 1. The molecule has 88 heavy (non-hydrogen) atoms. The molecule has 0 fully saturated rings. The third-order valence-corrected chi connectivity index (χ3v) is 18.4. The number of aromatic nitrogens is 5. The van der Waals surface area contributed by atoms with Crippen LogP contribution in [0.3, 0.4) is 0 Å². The van der Waals surface area contributed by atoms with E-state index in [0.29, 0.717) is 34.9 Å². The molecule has 0 aliphatic carbocycles. The molecule has 3 aromatic heterocycles. The predicted octanol–water partition coefficient (Wildman–Crippen LogP) is 16.8. The van der Waals surface area contributed by atoms with Gasteiger partial charge in [-0.2, -0.15) is 0 Å². The molecule has 0 amide bonds. The summed E-state index contributed by atoms with van der Waals surface area (Å²) in [7, 11) is 3.12. The summed E-state index contributed by atoms with van der Waals surface area (Å²) < 4.78 is 39.2. The van der Waals surface area contributed by atoms with E-state index in [1.807, 2.05) is 171 Å². The molecule has 0 unspecified atom stereocenters. The van der Waals surface area contributed by atoms with Crippen LogP contribution in [0.1, 0.15) is 94.4 Å². The van der Waals surface area contributed by atoms with Crippen LogP contribution >= 0.6 is 11.3 Å². The van der Waals surface area contributed by atoms with Gasteiger partial charge in [0.15, 0.2) is 9.84 Å². The third-order valence-electron chi connectivity index (χ3n) is 15.4. The smallest absolute Gasteiger partial charge is 0.419 e. The average molecular weight is 1220 g/mol. The second-order valence-corrected chi connectivity index (χ2v) is 25.4. The number of phenols is 3. The summed E-state index contributed by atoms with van der Waals surface area (Å²) in [6, 6.07) is 42.3. The highest BCUT2D eigenvalue weighted by Gasteiger charge is 2.27.